The Balaban J connectivity index is 1.34. The smallest absolute Gasteiger partial charge is 0.234 e. The van der Waals surface area contributed by atoms with E-state index in [-0.39, 0.29) is 5.91 Å². The quantitative estimate of drug-likeness (QED) is 0.689. The second-order valence-corrected chi connectivity index (χ2v) is 8.43. The van der Waals surface area contributed by atoms with Gasteiger partial charge in [0, 0.05) is 24.0 Å². The molecule has 0 spiro atoms. The monoisotopic (exact) mass is 399 g/mol. The fourth-order valence-corrected chi connectivity index (χ4v) is 4.86. The molecule has 3 aromatic rings. The number of benzene rings is 2. The number of hydrogen-bond donors (Lipinski definition) is 1. The number of carbonyl (C=O) groups is 1. The van der Waals surface area contributed by atoms with E-state index in [0.717, 1.165) is 37.0 Å². The molecule has 1 N–H and O–H groups in total. The molecule has 2 heterocycles. The van der Waals surface area contributed by atoms with E-state index in [4.69, 9.17) is 16.6 Å². The lowest BCUT2D eigenvalue weighted by molar-refractivity contribution is -0.122. The number of halogens is 1. The molecule has 0 aliphatic carbocycles. The molecule has 1 unspecified atom stereocenters. The third-order valence-corrected chi connectivity index (χ3v) is 6.53. The number of likely N-dealkylation sites (tertiary alicyclic amines) is 1. The van der Waals surface area contributed by atoms with Crippen LogP contribution in [0.25, 0.3) is 10.2 Å². The zero-order valence-electron chi connectivity index (χ0n) is 15.0. The molecule has 1 amide bonds. The SMILES string of the molecule is O=C(CN1CCCC(c2nc3ccccc3s2)C1)NCc1ccccc1Cl. The predicted molar refractivity (Wildman–Crippen MR) is 111 cm³/mol. The molecule has 1 fully saturated rings. The molecular weight excluding hydrogens is 378 g/mol. The highest BCUT2D eigenvalue weighted by atomic mass is 35.5. The van der Waals surface area contributed by atoms with E-state index in [2.05, 4.69) is 28.4 Å². The Hall–Kier alpha value is -1.95. The fraction of sp³-hybridized carbons (Fsp3) is 0.333. The Labute approximate surface area is 168 Å². The number of nitrogens with one attached hydrogen (secondary N) is 1. The lowest BCUT2D eigenvalue weighted by Crippen LogP contribution is -2.41. The molecule has 140 valence electrons. The van der Waals surface area contributed by atoms with Crippen LogP contribution in [0.2, 0.25) is 5.02 Å². The molecule has 6 heteroatoms. The minimum atomic E-state index is 0.0415. The lowest BCUT2D eigenvalue weighted by atomic mass is 9.99. The van der Waals surface area contributed by atoms with Gasteiger partial charge in [0.05, 0.1) is 21.8 Å². The average molecular weight is 400 g/mol. The van der Waals surface area contributed by atoms with Gasteiger partial charge in [-0.25, -0.2) is 4.98 Å². The van der Waals surface area contributed by atoms with Crippen LogP contribution in [0.4, 0.5) is 0 Å². The van der Waals surface area contributed by atoms with Crippen LogP contribution < -0.4 is 5.32 Å². The van der Waals surface area contributed by atoms with E-state index in [1.807, 2.05) is 30.3 Å². The second kappa shape index (κ2) is 8.38. The number of carbonyl (C=O) groups excluding carboxylic acids is 1. The van der Waals surface area contributed by atoms with Crippen LogP contribution in [0.15, 0.2) is 48.5 Å². The highest BCUT2D eigenvalue weighted by Crippen LogP contribution is 2.32. The minimum Gasteiger partial charge on any atom is -0.351 e. The molecule has 0 radical (unpaired) electrons. The number of rotatable bonds is 5. The minimum absolute atomic E-state index is 0.0415. The van der Waals surface area contributed by atoms with Gasteiger partial charge in [-0.15, -0.1) is 11.3 Å². The number of para-hydroxylation sites is 1. The lowest BCUT2D eigenvalue weighted by Gasteiger charge is -2.31. The van der Waals surface area contributed by atoms with Crippen LogP contribution in [0, 0.1) is 0 Å². The molecule has 1 aromatic heterocycles. The van der Waals surface area contributed by atoms with Crippen molar-refractivity contribution in [2.75, 3.05) is 19.6 Å². The van der Waals surface area contributed by atoms with Crippen LogP contribution in [0.1, 0.15) is 29.3 Å². The van der Waals surface area contributed by atoms with E-state index < -0.39 is 0 Å². The van der Waals surface area contributed by atoms with E-state index in [9.17, 15) is 4.79 Å². The van der Waals surface area contributed by atoms with Gasteiger partial charge in [0.15, 0.2) is 0 Å². The van der Waals surface area contributed by atoms with Crippen LogP contribution in [-0.4, -0.2) is 35.4 Å². The zero-order valence-corrected chi connectivity index (χ0v) is 16.6. The maximum atomic E-state index is 12.4. The van der Waals surface area contributed by atoms with Crippen molar-refractivity contribution >= 4 is 39.1 Å². The van der Waals surface area contributed by atoms with Gasteiger partial charge in [0.2, 0.25) is 5.91 Å². The van der Waals surface area contributed by atoms with Gasteiger partial charge in [-0.05, 0) is 43.1 Å². The van der Waals surface area contributed by atoms with Gasteiger partial charge in [0.1, 0.15) is 0 Å². The van der Waals surface area contributed by atoms with E-state index in [1.165, 1.54) is 9.71 Å². The van der Waals surface area contributed by atoms with Gasteiger partial charge in [-0.2, -0.15) is 0 Å². The molecule has 0 saturated carbocycles. The van der Waals surface area contributed by atoms with Crippen molar-refractivity contribution < 1.29 is 4.79 Å². The summed E-state index contributed by atoms with van der Waals surface area (Å²) in [6.45, 7) is 2.74. The normalized spacial score (nSPS) is 17.9. The fourth-order valence-electron chi connectivity index (χ4n) is 3.56. The predicted octanol–water partition coefficient (Wildman–Crippen LogP) is 4.45. The van der Waals surface area contributed by atoms with E-state index >= 15 is 0 Å². The molecule has 2 aromatic carbocycles. The Kier molecular flexibility index (Phi) is 5.72. The maximum Gasteiger partial charge on any atom is 0.234 e. The molecule has 1 atom stereocenters. The van der Waals surface area contributed by atoms with Gasteiger partial charge in [-0.3, -0.25) is 9.69 Å². The Morgan fingerprint density at radius 2 is 2.04 bits per heavy atom. The Morgan fingerprint density at radius 3 is 2.89 bits per heavy atom. The van der Waals surface area contributed by atoms with Crippen molar-refractivity contribution in [3.05, 3.63) is 64.1 Å². The summed E-state index contributed by atoms with van der Waals surface area (Å²) in [6, 6.07) is 15.9. The number of amides is 1. The molecule has 1 aliphatic heterocycles. The summed E-state index contributed by atoms with van der Waals surface area (Å²) >= 11 is 7.93. The molecule has 4 rings (SSSR count). The summed E-state index contributed by atoms with van der Waals surface area (Å²) in [4.78, 5) is 19.4. The highest BCUT2D eigenvalue weighted by molar-refractivity contribution is 7.18. The van der Waals surface area contributed by atoms with Crippen molar-refractivity contribution in [2.24, 2.45) is 0 Å². The third kappa shape index (κ3) is 4.49. The summed E-state index contributed by atoms with van der Waals surface area (Å²) in [5, 5.41) is 4.86. The van der Waals surface area contributed by atoms with Gasteiger partial charge in [-0.1, -0.05) is 41.9 Å². The van der Waals surface area contributed by atoms with Crippen molar-refractivity contribution in [2.45, 2.75) is 25.3 Å². The third-order valence-electron chi connectivity index (χ3n) is 4.97. The number of piperidine rings is 1. The first-order valence-electron chi connectivity index (χ1n) is 9.27. The Morgan fingerprint density at radius 1 is 1.22 bits per heavy atom. The topological polar surface area (TPSA) is 45.2 Å². The van der Waals surface area contributed by atoms with Crippen molar-refractivity contribution in [3.8, 4) is 0 Å². The first-order chi connectivity index (χ1) is 13.2. The average Bonchev–Trinajstić information content (AvgIpc) is 3.12. The standard InChI is InChI=1S/C21H22ClN3OS/c22-17-8-2-1-6-15(17)12-23-20(26)14-25-11-5-7-16(13-25)21-24-18-9-3-4-10-19(18)27-21/h1-4,6,8-10,16H,5,7,11-14H2,(H,23,26). The summed E-state index contributed by atoms with van der Waals surface area (Å²) < 4.78 is 1.24. The summed E-state index contributed by atoms with van der Waals surface area (Å²) in [7, 11) is 0. The molecule has 0 bridgehead atoms. The summed E-state index contributed by atoms with van der Waals surface area (Å²) in [6.07, 6.45) is 2.23. The van der Waals surface area contributed by atoms with Crippen molar-refractivity contribution in [1.29, 1.82) is 0 Å². The summed E-state index contributed by atoms with van der Waals surface area (Å²) in [5.41, 5.74) is 2.02. The van der Waals surface area contributed by atoms with E-state index in [0.29, 0.717) is 24.0 Å². The number of thiazole rings is 1. The second-order valence-electron chi connectivity index (χ2n) is 6.96. The number of nitrogens with zero attached hydrogens (tertiary/aromatic N) is 2. The van der Waals surface area contributed by atoms with Crippen LogP contribution in [-0.2, 0) is 11.3 Å². The maximum absolute atomic E-state index is 12.4. The van der Waals surface area contributed by atoms with Gasteiger partial charge < -0.3 is 5.32 Å². The number of aromatic nitrogens is 1. The highest BCUT2D eigenvalue weighted by Gasteiger charge is 2.25. The Bertz CT molecular complexity index is 909. The molecule has 4 nitrogen and oxygen atoms in total. The molecule has 1 aliphatic rings. The number of hydrogen-bond acceptors (Lipinski definition) is 4. The van der Waals surface area contributed by atoms with Crippen molar-refractivity contribution in [1.82, 2.24) is 15.2 Å². The van der Waals surface area contributed by atoms with Gasteiger partial charge >= 0.3 is 0 Å². The first kappa shape index (κ1) is 18.4. The zero-order chi connectivity index (χ0) is 18.6. The van der Waals surface area contributed by atoms with Crippen LogP contribution in [0.5, 0.6) is 0 Å². The van der Waals surface area contributed by atoms with Crippen LogP contribution >= 0.6 is 22.9 Å². The largest absolute Gasteiger partial charge is 0.351 e. The van der Waals surface area contributed by atoms with Crippen LogP contribution in [0.3, 0.4) is 0 Å². The summed E-state index contributed by atoms with van der Waals surface area (Å²) in [5.74, 6) is 0.451. The molecular formula is C21H22ClN3OS. The van der Waals surface area contributed by atoms with Gasteiger partial charge in [0.25, 0.3) is 0 Å². The first-order valence-corrected chi connectivity index (χ1v) is 10.5. The van der Waals surface area contributed by atoms with E-state index in [1.54, 1.807) is 11.3 Å². The van der Waals surface area contributed by atoms with Crippen molar-refractivity contribution in [3.63, 3.8) is 0 Å². The molecule has 1 saturated heterocycles. The number of fused-ring (bicyclic) bond motifs is 1. The molecule has 27 heavy (non-hydrogen) atoms.